The van der Waals surface area contributed by atoms with E-state index in [9.17, 15) is 18.5 Å². The second-order valence-electron chi connectivity index (χ2n) is 6.09. The summed E-state index contributed by atoms with van der Waals surface area (Å²) >= 11 is 0. The smallest absolute Gasteiger partial charge is 0.295 e. The standard InChI is InChI=1S/C18H23N3O7S/c1-13-7-8-14(11-18(13)29(19,24)25)17(28-21(22)23)12-20-9-10-27-16-6-4-3-5-15(16)26-2/h3-8,11,17,20H,9-10,12H2,1-2H3,(H2,19,24,25). The van der Waals surface area contributed by atoms with E-state index in [0.29, 0.717) is 29.2 Å². The molecule has 2 aromatic carbocycles. The zero-order valence-corrected chi connectivity index (χ0v) is 16.8. The summed E-state index contributed by atoms with van der Waals surface area (Å²) in [5.41, 5.74) is 0.753. The van der Waals surface area contributed by atoms with Crippen LogP contribution in [0.1, 0.15) is 17.2 Å². The zero-order valence-electron chi connectivity index (χ0n) is 16.0. The fraction of sp³-hybridized carbons (Fsp3) is 0.333. The Bertz CT molecular complexity index is 950. The van der Waals surface area contributed by atoms with Gasteiger partial charge in [-0.05, 0) is 36.2 Å². The molecule has 3 N–H and O–H groups in total. The molecule has 0 amide bonds. The van der Waals surface area contributed by atoms with Gasteiger partial charge in [-0.1, -0.05) is 24.3 Å². The third-order valence-corrected chi connectivity index (χ3v) is 5.09. The SMILES string of the molecule is COc1ccccc1OCCNCC(O[N+](=O)[O-])c1ccc(C)c(S(N)(=O)=O)c1. The van der Waals surface area contributed by atoms with Gasteiger partial charge in [0.15, 0.2) is 11.5 Å². The Balaban J connectivity index is 2.00. The fourth-order valence-electron chi connectivity index (χ4n) is 2.65. The van der Waals surface area contributed by atoms with Crippen LogP contribution in [-0.4, -0.2) is 40.3 Å². The van der Waals surface area contributed by atoms with E-state index in [2.05, 4.69) is 5.32 Å². The van der Waals surface area contributed by atoms with Gasteiger partial charge >= 0.3 is 0 Å². The van der Waals surface area contributed by atoms with E-state index in [0.717, 1.165) is 0 Å². The van der Waals surface area contributed by atoms with Crippen molar-refractivity contribution in [2.45, 2.75) is 17.9 Å². The highest BCUT2D eigenvalue weighted by molar-refractivity contribution is 7.89. The van der Waals surface area contributed by atoms with Gasteiger partial charge in [0.1, 0.15) is 12.7 Å². The first kappa shape index (κ1) is 22.4. The van der Waals surface area contributed by atoms with Crippen LogP contribution in [0.3, 0.4) is 0 Å². The number of nitrogens with one attached hydrogen (secondary N) is 1. The van der Waals surface area contributed by atoms with Crippen LogP contribution in [0.2, 0.25) is 0 Å². The fourth-order valence-corrected chi connectivity index (χ4v) is 3.46. The number of primary sulfonamides is 1. The molecule has 0 fully saturated rings. The van der Waals surface area contributed by atoms with E-state index in [1.165, 1.54) is 19.2 Å². The normalized spacial score (nSPS) is 12.2. The minimum absolute atomic E-state index is 0.0589. The van der Waals surface area contributed by atoms with Crippen LogP contribution in [0.15, 0.2) is 47.4 Å². The summed E-state index contributed by atoms with van der Waals surface area (Å²) in [5.74, 6) is 1.17. The van der Waals surface area contributed by atoms with Gasteiger partial charge in [0.2, 0.25) is 10.0 Å². The van der Waals surface area contributed by atoms with Crippen molar-refractivity contribution in [1.29, 1.82) is 0 Å². The van der Waals surface area contributed by atoms with E-state index in [1.54, 1.807) is 25.1 Å². The molecule has 0 aliphatic rings. The number of methoxy groups -OCH3 is 1. The highest BCUT2D eigenvalue weighted by atomic mass is 32.2. The Hall–Kier alpha value is -2.89. The van der Waals surface area contributed by atoms with Crippen molar-refractivity contribution in [1.82, 2.24) is 5.32 Å². The van der Waals surface area contributed by atoms with Crippen LogP contribution in [-0.2, 0) is 14.9 Å². The molecule has 1 atom stereocenters. The molecular formula is C18H23N3O7S. The van der Waals surface area contributed by atoms with Crippen molar-refractivity contribution >= 4 is 10.0 Å². The summed E-state index contributed by atoms with van der Waals surface area (Å²) in [7, 11) is -2.42. The number of hydrogen-bond acceptors (Lipinski definition) is 8. The topological polar surface area (TPSA) is 143 Å². The summed E-state index contributed by atoms with van der Waals surface area (Å²) in [4.78, 5) is 15.5. The molecule has 11 heteroatoms. The molecule has 0 heterocycles. The predicted octanol–water partition coefficient (Wildman–Crippen LogP) is 1.57. The Morgan fingerprint density at radius 3 is 2.52 bits per heavy atom. The maximum absolute atomic E-state index is 11.7. The lowest BCUT2D eigenvalue weighted by molar-refractivity contribution is -0.770. The van der Waals surface area contributed by atoms with Crippen LogP contribution in [0, 0.1) is 17.0 Å². The molecule has 29 heavy (non-hydrogen) atoms. The Morgan fingerprint density at radius 1 is 1.21 bits per heavy atom. The maximum atomic E-state index is 11.7. The van der Waals surface area contributed by atoms with Crippen LogP contribution in [0.5, 0.6) is 11.5 Å². The predicted molar refractivity (Wildman–Crippen MR) is 105 cm³/mol. The summed E-state index contributed by atoms with van der Waals surface area (Å²) in [6.07, 6.45) is -1.02. The zero-order chi connectivity index (χ0) is 21.4. The minimum Gasteiger partial charge on any atom is -0.493 e. The average molecular weight is 425 g/mol. The van der Waals surface area contributed by atoms with Crippen LogP contribution in [0.4, 0.5) is 0 Å². The summed E-state index contributed by atoms with van der Waals surface area (Å²) in [5, 5.41) is 18.1. The number of sulfonamides is 1. The molecule has 0 radical (unpaired) electrons. The van der Waals surface area contributed by atoms with Crippen LogP contribution < -0.4 is 19.9 Å². The number of benzene rings is 2. The summed E-state index contributed by atoms with van der Waals surface area (Å²) < 4.78 is 34.2. The van der Waals surface area contributed by atoms with Gasteiger partial charge in [0.25, 0.3) is 5.09 Å². The lowest BCUT2D eigenvalue weighted by atomic mass is 10.1. The number of para-hydroxylation sites is 2. The molecule has 0 bridgehead atoms. The van der Waals surface area contributed by atoms with Gasteiger partial charge in [-0.25, -0.2) is 13.6 Å². The first-order chi connectivity index (χ1) is 13.7. The van der Waals surface area contributed by atoms with Gasteiger partial charge in [-0.3, -0.25) is 0 Å². The molecule has 0 aliphatic carbocycles. The molecule has 0 spiro atoms. The first-order valence-electron chi connectivity index (χ1n) is 8.63. The van der Waals surface area contributed by atoms with Crippen molar-refractivity contribution in [2.75, 3.05) is 26.8 Å². The molecule has 0 saturated heterocycles. The first-order valence-corrected chi connectivity index (χ1v) is 10.2. The Morgan fingerprint density at radius 2 is 1.90 bits per heavy atom. The number of aryl methyl sites for hydroxylation is 1. The molecule has 2 aromatic rings. The largest absolute Gasteiger partial charge is 0.493 e. The van der Waals surface area contributed by atoms with Gasteiger partial charge in [0.05, 0.1) is 12.0 Å². The highest BCUT2D eigenvalue weighted by Crippen LogP contribution is 2.25. The van der Waals surface area contributed by atoms with Crippen LogP contribution in [0.25, 0.3) is 0 Å². The summed E-state index contributed by atoms with van der Waals surface area (Å²) in [6.45, 7) is 2.29. The minimum atomic E-state index is -3.96. The number of rotatable bonds is 11. The van der Waals surface area contributed by atoms with Gasteiger partial charge < -0.3 is 19.6 Å². The Kier molecular flexibility index (Phi) is 7.76. The molecule has 0 saturated carbocycles. The highest BCUT2D eigenvalue weighted by Gasteiger charge is 2.20. The molecule has 158 valence electrons. The molecule has 10 nitrogen and oxygen atoms in total. The lowest BCUT2D eigenvalue weighted by Crippen LogP contribution is -2.28. The third kappa shape index (κ3) is 6.59. The van der Waals surface area contributed by atoms with Crippen molar-refractivity contribution in [3.63, 3.8) is 0 Å². The van der Waals surface area contributed by atoms with Gasteiger partial charge in [-0.2, -0.15) is 0 Å². The second-order valence-corrected chi connectivity index (χ2v) is 7.62. The van der Waals surface area contributed by atoms with Crippen molar-refractivity contribution < 1.29 is 27.8 Å². The van der Waals surface area contributed by atoms with E-state index >= 15 is 0 Å². The number of nitrogens with zero attached hydrogens (tertiary/aromatic N) is 1. The van der Waals surface area contributed by atoms with Gasteiger partial charge in [-0.15, -0.1) is 10.1 Å². The quantitative estimate of drug-likeness (QED) is 0.314. The maximum Gasteiger partial charge on any atom is 0.295 e. The molecule has 0 aliphatic heterocycles. The number of ether oxygens (including phenoxy) is 2. The van der Waals surface area contributed by atoms with E-state index < -0.39 is 21.2 Å². The molecular weight excluding hydrogens is 402 g/mol. The van der Waals surface area contributed by atoms with Crippen LogP contribution >= 0.6 is 0 Å². The number of nitrogens with two attached hydrogens (primary N) is 1. The average Bonchev–Trinajstić information content (AvgIpc) is 2.66. The molecule has 0 aromatic heterocycles. The monoisotopic (exact) mass is 425 g/mol. The van der Waals surface area contributed by atoms with Crippen molar-refractivity contribution in [3.05, 3.63) is 63.7 Å². The van der Waals surface area contributed by atoms with Gasteiger partial charge in [0, 0.05) is 13.1 Å². The summed E-state index contributed by atoms with van der Waals surface area (Å²) in [6, 6.07) is 11.5. The molecule has 1 unspecified atom stereocenters. The van der Waals surface area contributed by atoms with E-state index in [1.807, 2.05) is 12.1 Å². The molecule has 2 rings (SSSR count). The van der Waals surface area contributed by atoms with Crippen molar-refractivity contribution in [3.8, 4) is 11.5 Å². The van der Waals surface area contributed by atoms with Crippen molar-refractivity contribution in [2.24, 2.45) is 5.14 Å². The van der Waals surface area contributed by atoms with E-state index in [4.69, 9.17) is 19.5 Å². The Labute approximate surface area is 168 Å². The third-order valence-electron chi connectivity index (χ3n) is 4.04. The lowest BCUT2D eigenvalue weighted by Gasteiger charge is -2.18. The van der Waals surface area contributed by atoms with E-state index in [-0.39, 0.29) is 18.0 Å². The second kappa shape index (κ2) is 10.0. The number of hydrogen-bond donors (Lipinski definition) is 2.